The molecular weight excluding hydrogens is 358 g/mol. The first-order valence-corrected chi connectivity index (χ1v) is 9.25. The summed E-state index contributed by atoms with van der Waals surface area (Å²) in [6.45, 7) is 3.76. The number of ether oxygens (including phenoxy) is 1. The Labute approximate surface area is 164 Å². The molecule has 4 heteroatoms. The number of hydrogen-bond donors (Lipinski definition) is 1. The van der Waals surface area contributed by atoms with E-state index in [9.17, 15) is 4.79 Å². The van der Waals surface area contributed by atoms with Gasteiger partial charge >= 0.3 is 0 Å². The third-order valence-electron chi connectivity index (χ3n) is 4.34. The number of carbonyl (C=O) groups excluding carboxylic acids is 1. The summed E-state index contributed by atoms with van der Waals surface area (Å²) in [6.07, 6.45) is -0.679. The van der Waals surface area contributed by atoms with Crippen LogP contribution in [0.4, 0.5) is 0 Å². The molecule has 0 fully saturated rings. The summed E-state index contributed by atoms with van der Waals surface area (Å²) in [5, 5.41) is 3.58. The van der Waals surface area contributed by atoms with Crippen molar-refractivity contribution in [2.24, 2.45) is 0 Å². The molecule has 0 saturated carbocycles. The normalized spacial score (nSPS) is 12.9. The Kier molecular flexibility index (Phi) is 6.15. The summed E-state index contributed by atoms with van der Waals surface area (Å²) in [5.74, 6) is 0.290. The molecule has 0 aliphatic heterocycles. The van der Waals surface area contributed by atoms with Gasteiger partial charge in [-0.05, 0) is 37.1 Å². The van der Waals surface area contributed by atoms with Crippen LogP contribution < -0.4 is 10.1 Å². The van der Waals surface area contributed by atoms with Crippen molar-refractivity contribution in [3.05, 3.63) is 101 Å². The number of hydrogen-bond acceptors (Lipinski definition) is 2. The summed E-state index contributed by atoms with van der Waals surface area (Å²) in [4.78, 5) is 12.8. The molecule has 3 nitrogen and oxygen atoms in total. The van der Waals surface area contributed by atoms with Gasteiger partial charge in [0.1, 0.15) is 5.75 Å². The zero-order valence-electron chi connectivity index (χ0n) is 15.4. The standard InChI is InChI=1S/C23H22ClNO2/c1-16-12-14-19(15-13-16)22(18-8-4-3-5-9-18)25-23(26)17(2)27-21-11-7-6-10-20(21)24/h3-15,17,22H,1-2H3,(H,25,26)/t17-,22-/m0/s1. The van der Waals surface area contributed by atoms with Crippen molar-refractivity contribution in [3.8, 4) is 5.75 Å². The predicted octanol–water partition coefficient (Wildman–Crippen LogP) is 5.32. The quantitative estimate of drug-likeness (QED) is 0.629. The minimum absolute atomic E-state index is 0.204. The highest BCUT2D eigenvalue weighted by Crippen LogP contribution is 2.25. The fraction of sp³-hybridized carbons (Fsp3) is 0.174. The summed E-state index contributed by atoms with van der Waals surface area (Å²) in [5.41, 5.74) is 3.21. The van der Waals surface area contributed by atoms with Gasteiger partial charge in [0.05, 0.1) is 11.1 Å². The van der Waals surface area contributed by atoms with E-state index in [-0.39, 0.29) is 11.9 Å². The van der Waals surface area contributed by atoms with E-state index in [1.165, 1.54) is 5.56 Å². The van der Waals surface area contributed by atoms with E-state index in [2.05, 4.69) is 5.32 Å². The topological polar surface area (TPSA) is 38.3 Å². The average Bonchev–Trinajstić information content (AvgIpc) is 2.69. The van der Waals surface area contributed by atoms with Gasteiger partial charge in [-0.15, -0.1) is 0 Å². The Morgan fingerprint density at radius 2 is 1.48 bits per heavy atom. The van der Waals surface area contributed by atoms with E-state index in [1.54, 1.807) is 19.1 Å². The van der Waals surface area contributed by atoms with Gasteiger partial charge < -0.3 is 10.1 Å². The van der Waals surface area contributed by atoms with Crippen LogP contribution in [0.1, 0.15) is 29.7 Å². The fourth-order valence-electron chi connectivity index (χ4n) is 2.81. The second-order valence-corrected chi connectivity index (χ2v) is 6.86. The summed E-state index contributed by atoms with van der Waals surface area (Å²) < 4.78 is 5.75. The van der Waals surface area contributed by atoms with E-state index in [0.717, 1.165) is 11.1 Å². The highest BCUT2D eigenvalue weighted by Gasteiger charge is 2.22. The van der Waals surface area contributed by atoms with Crippen molar-refractivity contribution in [2.75, 3.05) is 0 Å². The van der Waals surface area contributed by atoms with E-state index in [4.69, 9.17) is 16.3 Å². The molecule has 1 amide bonds. The van der Waals surface area contributed by atoms with Gasteiger partial charge in [-0.2, -0.15) is 0 Å². The summed E-state index contributed by atoms with van der Waals surface area (Å²) in [6, 6.07) is 24.9. The zero-order valence-corrected chi connectivity index (χ0v) is 16.1. The molecule has 0 spiro atoms. The molecular formula is C23H22ClNO2. The molecule has 138 valence electrons. The van der Waals surface area contributed by atoms with Gasteiger partial charge in [0.25, 0.3) is 5.91 Å². The number of carbonyl (C=O) groups is 1. The molecule has 3 aromatic carbocycles. The van der Waals surface area contributed by atoms with Crippen molar-refractivity contribution in [1.82, 2.24) is 5.32 Å². The molecule has 3 rings (SSSR count). The van der Waals surface area contributed by atoms with Gasteiger partial charge in [-0.1, -0.05) is 83.9 Å². The molecule has 27 heavy (non-hydrogen) atoms. The van der Waals surface area contributed by atoms with Crippen molar-refractivity contribution < 1.29 is 9.53 Å². The molecule has 0 bridgehead atoms. The molecule has 3 aromatic rings. The largest absolute Gasteiger partial charge is 0.479 e. The fourth-order valence-corrected chi connectivity index (χ4v) is 2.99. The molecule has 0 aromatic heterocycles. The summed E-state index contributed by atoms with van der Waals surface area (Å²) in [7, 11) is 0. The minimum Gasteiger partial charge on any atom is -0.479 e. The second-order valence-electron chi connectivity index (χ2n) is 6.45. The van der Waals surface area contributed by atoms with E-state index < -0.39 is 6.10 Å². The highest BCUT2D eigenvalue weighted by atomic mass is 35.5. The lowest BCUT2D eigenvalue weighted by Crippen LogP contribution is -2.39. The van der Waals surface area contributed by atoms with Crippen molar-refractivity contribution >= 4 is 17.5 Å². The van der Waals surface area contributed by atoms with Gasteiger partial charge in [0.2, 0.25) is 0 Å². The van der Waals surface area contributed by atoms with Crippen LogP contribution in [-0.2, 0) is 4.79 Å². The Hall–Kier alpha value is -2.78. The van der Waals surface area contributed by atoms with Crippen LogP contribution in [0.5, 0.6) is 5.75 Å². The zero-order chi connectivity index (χ0) is 19.2. The summed E-state index contributed by atoms with van der Waals surface area (Å²) >= 11 is 6.13. The Morgan fingerprint density at radius 3 is 2.15 bits per heavy atom. The van der Waals surface area contributed by atoms with E-state index >= 15 is 0 Å². The molecule has 0 aliphatic carbocycles. The van der Waals surface area contributed by atoms with Gasteiger partial charge in [-0.25, -0.2) is 0 Å². The Bertz CT molecular complexity index is 894. The van der Waals surface area contributed by atoms with Crippen LogP contribution in [0.2, 0.25) is 5.02 Å². The second kappa shape index (κ2) is 8.74. The average molecular weight is 380 g/mol. The van der Waals surface area contributed by atoms with E-state index in [1.807, 2.05) is 73.7 Å². The number of para-hydroxylation sites is 1. The van der Waals surface area contributed by atoms with Gasteiger partial charge in [-0.3, -0.25) is 4.79 Å². The number of halogens is 1. The lowest BCUT2D eigenvalue weighted by Gasteiger charge is -2.23. The number of amides is 1. The number of rotatable bonds is 6. The van der Waals surface area contributed by atoms with Crippen LogP contribution in [0.15, 0.2) is 78.9 Å². The molecule has 0 radical (unpaired) electrons. The molecule has 0 aliphatic rings. The van der Waals surface area contributed by atoms with Crippen molar-refractivity contribution in [2.45, 2.75) is 26.0 Å². The first-order chi connectivity index (χ1) is 13.0. The lowest BCUT2D eigenvalue weighted by atomic mass is 9.97. The maximum Gasteiger partial charge on any atom is 0.261 e. The number of benzene rings is 3. The highest BCUT2D eigenvalue weighted by molar-refractivity contribution is 6.32. The first-order valence-electron chi connectivity index (χ1n) is 8.87. The Balaban J connectivity index is 1.80. The molecule has 1 N–H and O–H groups in total. The maximum absolute atomic E-state index is 12.8. The van der Waals surface area contributed by atoms with E-state index in [0.29, 0.717) is 10.8 Å². The number of aryl methyl sites for hydroxylation is 1. The minimum atomic E-state index is -0.679. The van der Waals surface area contributed by atoms with Crippen molar-refractivity contribution in [1.29, 1.82) is 0 Å². The lowest BCUT2D eigenvalue weighted by molar-refractivity contribution is -0.127. The third-order valence-corrected chi connectivity index (χ3v) is 4.65. The molecule has 2 atom stereocenters. The van der Waals surface area contributed by atoms with Crippen molar-refractivity contribution in [3.63, 3.8) is 0 Å². The first kappa shape index (κ1) is 19.0. The third kappa shape index (κ3) is 4.89. The van der Waals surface area contributed by atoms with Crippen LogP contribution in [-0.4, -0.2) is 12.0 Å². The maximum atomic E-state index is 12.8. The van der Waals surface area contributed by atoms with Crippen LogP contribution >= 0.6 is 11.6 Å². The monoisotopic (exact) mass is 379 g/mol. The van der Waals surface area contributed by atoms with Crippen LogP contribution in [0, 0.1) is 6.92 Å². The van der Waals surface area contributed by atoms with Crippen LogP contribution in [0.25, 0.3) is 0 Å². The number of nitrogens with one attached hydrogen (secondary N) is 1. The van der Waals surface area contributed by atoms with Gasteiger partial charge in [0, 0.05) is 0 Å². The predicted molar refractivity (Wildman–Crippen MR) is 109 cm³/mol. The van der Waals surface area contributed by atoms with Crippen LogP contribution in [0.3, 0.4) is 0 Å². The Morgan fingerprint density at radius 1 is 0.889 bits per heavy atom. The molecule has 0 unspecified atom stereocenters. The SMILES string of the molecule is Cc1ccc([C@@H](NC(=O)[C@H](C)Oc2ccccc2Cl)c2ccccc2)cc1. The smallest absolute Gasteiger partial charge is 0.261 e. The van der Waals surface area contributed by atoms with Gasteiger partial charge in [0.15, 0.2) is 6.10 Å². The molecule has 0 saturated heterocycles. The molecule has 0 heterocycles.